The number of para-hydroxylation sites is 1. The molecule has 0 aliphatic carbocycles. The van der Waals surface area contributed by atoms with Gasteiger partial charge in [-0.25, -0.2) is 4.79 Å². The average Bonchev–Trinajstić information content (AvgIpc) is 2.72. The van der Waals surface area contributed by atoms with E-state index in [1.807, 2.05) is 32.0 Å². The van der Waals surface area contributed by atoms with Gasteiger partial charge in [0.25, 0.3) is 5.91 Å². The maximum absolute atomic E-state index is 12.5. The standard InChI is InChI=1S/C21H27N5O3/c1-4-29-21(28)26-12-10-16(11-13-26)22-20(27)17-8-9-18(25-24-17)23-19-14(2)6-5-7-15(19)3/h5-9,16H,4,10-13H2,1-3H3,(H,22,27)(H,23,25). The minimum atomic E-state index is -0.296. The van der Waals surface area contributed by atoms with Gasteiger partial charge >= 0.3 is 6.09 Å². The van der Waals surface area contributed by atoms with Gasteiger partial charge in [-0.1, -0.05) is 18.2 Å². The van der Waals surface area contributed by atoms with Gasteiger partial charge < -0.3 is 20.3 Å². The third-order valence-corrected chi connectivity index (χ3v) is 4.99. The second-order valence-corrected chi connectivity index (χ2v) is 7.13. The Kier molecular flexibility index (Phi) is 6.64. The molecule has 0 saturated carbocycles. The average molecular weight is 397 g/mol. The Bertz CT molecular complexity index is 841. The van der Waals surface area contributed by atoms with Gasteiger partial charge in [-0.3, -0.25) is 4.79 Å². The zero-order valence-corrected chi connectivity index (χ0v) is 17.1. The largest absolute Gasteiger partial charge is 0.450 e. The van der Waals surface area contributed by atoms with Crippen LogP contribution < -0.4 is 10.6 Å². The third-order valence-electron chi connectivity index (χ3n) is 4.99. The molecule has 1 fully saturated rings. The van der Waals surface area contributed by atoms with Crippen molar-refractivity contribution in [3.05, 3.63) is 47.2 Å². The number of likely N-dealkylation sites (tertiary alicyclic amines) is 1. The highest BCUT2D eigenvalue weighted by molar-refractivity contribution is 5.92. The lowest BCUT2D eigenvalue weighted by Gasteiger charge is -2.31. The summed E-state index contributed by atoms with van der Waals surface area (Å²) in [4.78, 5) is 25.9. The van der Waals surface area contributed by atoms with Gasteiger partial charge in [-0.05, 0) is 56.9 Å². The number of hydrogen-bond acceptors (Lipinski definition) is 6. The zero-order chi connectivity index (χ0) is 20.8. The molecule has 0 atom stereocenters. The van der Waals surface area contributed by atoms with E-state index in [1.165, 1.54) is 0 Å². The number of ether oxygens (including phenoxy) is 1. The Hall–Kier alpha value is -3.16. The lowest BCUT2D eigenvalue weighted by molar-refractivity contribution is 0.0856. The van der Waals surface area contributed by atoms with Crippen molar-refractivity contribution < 1.29 is 14.3 Å². The molecule has 1 aromatic carbocycles. The number of carbonyl (C=O) groups excluding carboxylic acids is 2. The molecule has 0 spiro atoms. The summed E-state index contributed by atoms with van der Waals surface area (Å²) in [5.41, 5.74) is 3.49. The summed E-state index contributed by atoms with van der Waals surface area (Å²) in [6, 6.07) is 9.47. The van der Waals surface area contributed by atoms with E-state index < -0.39 is 0 Å². The second-order valence-electron chi connectivity index (χ2n) is 7.13. The van der Waals surface area contributed by atoms with Gasteiger partial charge in [-0.2, -0.15) is 0 Å². The monoisotopic (exact) mass is 397 g/mol. The van der Waals surface area contributed by atoms with Crippen molar-refractivity contribution in [2.45, 2.75) is 39.7 Å². The summed E-state index contributed by atoms with van der Waals surface area (Å²) in [7, 11) is 0. The molecule has 1 saturated heterocycles. The smallest absolute Gasteiger partial charge is 0.409 e. The maximum Gasteiger partial charge on any atom is 0.409 e. The molecule has 8 nitrogen and oxygen atoms in total. The van der Waals surface area contributed by atoms with Gasteiger partial charge in [0.1, 0.15) is 0 Å². The summed E-state index contributed by atoms with van der Waals surface area (Å²) in [6.07, 6.45) is 1.07. The summed E-state index contributed by atoms with van der Waals surface area (Å²) in [5.74, 6) is 0.326. The molecular weight excluding hydrogens is 370 g/mol. The van der Waals surface area contributed by atoms with E-state index in [0.29, 0.717) is 38.4 Å². The fourth-order valence-electron chi connectivity index (χ4n) is 3.34. The molecule has 1 aromatic heterocycles. The van der Waals surface area contributed by atoms with Crippen molar-refractivity contribution in [2.24, 2.45) is 0 Å². The molecule has 2 heterocycles. The van der Waals surface area contributed by atoms with Crippen molar-refractivity contribution in [3.63, 3.8) is 0 Å². The second kappa shape index (κ2) is 9.36. The van der Waals surface area contributed by atoms with Crippen LogP contribution in [-0.2, 0) is 4.74 Å². The van der Waals surface area contributed by atoms with Crippen LogP contribution in [0.4, 0.5) is 16.3 Å². The van der Waals surface area contributed by atoms with E-state index in [1.54, 1.807) is 24.0 Å². The molecule has 0 bridgehead atoms. The highest BCUT2D eigenvalue weighted by Gasteiger charge is 2.25. The quantitative estimate of drug-likeness (QED) is 0.804. The van der Waals surface area contributed by atoms with Crippen molar-refractivity contribution in [1.29, 1.82) is 0 Å². The summed E-state index contributed by atoms with van der Waals surface area (Å²) in [6.45, 7) is 7.33. The number of nitrogens with one attached hydrogen (secondary N) is 2. The summed E-state index contributed by atoms with van der Waals surface area (Å²) < 4.78 is 5.01. The number of amides is 2. The van der Waals surface area contributed by atoms with Crippen LogP contribution in [0.3, 0.4) is 0 Å². The van der Waals surface area contributed by atoms with Crippen molar-refractivity contribution in [1.82, 2.24) is 20.4 Å². The maximum atomic E-state index is 12.5. The van der Waals surface area contributed by atoms with Crippen molar-refractivity contribution in [2.75, 3.05) is 25.0 Å². The van der Waals surface area contributed by atoms with Crippen LogP contribution in [0.2, 0.25) is 0 Å². The normalized spacial score (nSPS) is 14.4. The number of piperidine rings is 1. The molecule has 2 N–H and O–H groups in total. The zero-order valence-electron chi connectivity index (χ0n) is 17.1. The SMILES string of the molecule is CCOC(=O)N1CCC(NC(=O)c2ccc(Nc3c(C)cccc3C)nn2)CC1. The Balaban J connectivity index is 1.54. The number of rotatable bonds is 5. The molecule has 154 valence electrons. The Morgan fingerprint density at radius 3 is 2.38 bits per heavy atom. The molecule has 1 aliphatic rings. The van der Waals surface area contributed by atoms with Crippen LogP contribution >= 0.6 is 0 Å². The van der Waals surface area contributed by atoms with Crippen LogP contribution in [0.5, 0.6) is 0 Å². The van der Waals surface area contributed by atoms with Gasteiger partial charge in [0.15, 0.2) is 11.5 Å². The number of aryl methyl sites for hydroxylation is 2. The highest BCUT2D eigenvalue weighted by Crippen LogP contribution is 2.23. The minimum Gasteiger partial charge on any atom is -0.450 e. The van der Waals surface area contributed by atoms with Crippen LogP contribution in [-0.4, -0.2) is 52.8 Å². The van der Waals surface area contributed by atoms with Crippen LogP contribution in [0.1, 0.15) is 41.4 Å². The lowest BCUT2D eigenvalue weighted by Crippen LogP contribution is -2.46. The van der Waals surface area contributed by atoms with E-state index >= 15 is 0 Å². The predicted octanol–water partition coefficient (Wildman–Crippen LogP) is 3.19. The van der Waals surface area contributed by atoms with E-state index in [2.05, 4.69) is 20.8 Å². The van der Waals surface area contributed by atoms with E-state index in [0.717, 1.165) is 16.8 Å². The molecule has 2 amide bonds. The topological polar surface area (TPSA) is 96.5 Å². The fraction of sp³-hybridized carbons (Fsp3) is 0.429. The first-order valence-corrected chi connectivity index (χ1v) is 9.87. The molecule has 8 heteroatoms. The Morgan fingerprint density at radius 1 is 1.10 bits per heavy atom. The van der Waals surface area contributed by atoms with Gasteiger partial charge in [0.05, 0.1) is 6.61 Å². The highest BCUT2D eigenvalue weighted by atomic mass is 16.6. The van der Waals surface area contributed by atoms with Gasteiger partial charge in [0.2, 0.25) is 0 Å². The Labute approximate surface area is 170 Å². The number of benzene rings is 1. The molecule has 3 rings (SSSR count). The fourth-order valence-corrected chi connectivity index (χ4v) is 3.34. The van der Waals surface area contributed by atoms with Crippen LogP contribution in [0.25, 0.3) is 0 Å². The third kappa shape index (κ3) is 5.22. The van der Waals surface area contributed by atoms with Gasteiger partial charge in [-0.15, -0.1) is 10.2 Å². The summed E-state index contributed by atoms with van der Waals surface area (Å²) >= 11 is 0. The van der Waals surface area contributed by atoms with Gasteiger partial charge in [0, 0.05) is 24.8 Å². The van der Waals surface area contributed by atoms with Crippen LogP contribution in [0, 0.1) is 13.8 Å². The number of hydrogen-bond donors (Lipinski definition) is 2. The van der Waals surface area contributed by atoms with Crippen LogP contribution in [0.15, 0.2) is 30.3 Å². The van der Waals surface area contributed by atoms with E-state index in [4.69, 9.17) is 4.74 Å². The summed E-state index contributed by atoms with van der Waals surface area (Å²) in [5, 5.41) is 14.4. The number of carbonyl (C=O) groups is 2. The first-order chi connectivity index (χ1) is 14.0. The number of nitrogens with zero attached hydrogens (tertiary/aromatic N) is 3. The van der Waals surface area contributed by atoms with Crippen molar-refractivity contribution >= 4 is 23.5 Å². The van der Waals surface area contributed by atoms with E-state index in [-0.39, 0.29) is 23.7 Å². The van der Waals surface area contributed by atoms with E-state index in [9.17, 15) is 9.59 Å². The molecule has 2 aromatic rings. The predicted molar refractivity (Wildman–Crippen MR) is 110 cm³/mol. The molecular formula is C21H27N5O3. The Morgan fingerprint density at radius 2 is 1.79 bits per heavy atom. The molecule has 0 radical (unpaired) electrons. The molecule has 0 unspecified atom stereocenters. The molecule has 29 heavy (non-hydrogen) atoms. The first-order valence-electron chi connectivity index (χ1n) is 9.87. The first kappa shape index (κ1) is 20.6. The number of anilines is 2. The van der Waals surface area contributed by atoms with Crippen molar-refractivity contribution in [3.8, 4) is 0 Å². The number of aromatic nitrogens is 2. The minimum absolute atomic E-state index is 0.00222. The molecule has 1 aliphatic heterocycles. The lowest BCUT2D eigenvalue weighted by atomic mass is 10.1.